The molecule has 7 nitrogen and oxygen atoms in total. The Balaban J connectivity index is 1.85. The van der Waals surface area contributed by atoms with E-state index in [1.165, 1.54) is 26.6 Å². The van der Waals surface area contributed by atoms with Gasteiger partial charge in [-0.25, -0.2) is 0 Å². The molecule has 0 radical (unpaired) electrons. The van der Waals surface area contributed by atoms with E-state index in [1.54, 1.807) is 30.3 Å². The first-order chi connectivity index (χ1) is 15.9. The Hall–Kier alpha value is -4.00. The molecule has 33 heavy (non-hydrogen) atoms. The van der Waals surface area contributed by atoms with Crippen molar-refractivity contribution in [3.05, 3.63) is 89.0 Å². The molecule has 0 saturated carbocycles. The van der Waals surface area contributed by atoms with Gasteiger partial charge in [0.15, 0.2) is 11.5 Å². The Morgan fingerprint density at radius 2 is 1.76 bits per heavy atom. The topological polar surface area (TPSA) is 89.8 Å². The van der Waals surface area contributed by atoms with E-state index in [0.717, 1.165) is 11.1 Å². The van der Waals surface area contributed by atoms with Crippen LogP contribution in [0.25, 0.3) is 6.08 Å². The number of carbonyl (C=O) groups excluding carboxylic acids is 2. The highest BCUT2D eigenvalue weighted by Gasteiger charge is 2.20. The highest BCUT2D eigenvalue weighted by molar-refractivity contribution is 6.05. The van der Waals surface area contributed by atoms with Gasteiger partial charge in [-0.05, 0) is 49.2 Å². The van der Waals surface area contributed by atoms with Gasteiger partial charge in [0.1, 0.15) is 11.5 Å². The number of ether oxygens (including phenoxy) is 2. The third-order valence-corrected chi connectivity index (χ3v) is 5.16. The van der Waals surface area contributed by atoms with Gasteiger partial charge in [-0.1, -0.05) is 36.8 Å². The number of hydrogen-bond acceptors (Lipinski definition) is 5. The van der Waals surface area contributed by atoms with Crippen molar-refractivity contribution in [2.75, 3.05) is 14.2 Å². The van der Waals surface area contributed by atoms with Crippen molar-refractivity contribution in [3.63, 3.8) is 0 Å². The van der Waals surface area contributed by atoms with Crippen LogP contribution in [0.3, 0.4) is 0 Å². The van der Waals surface area contributed by atoms with E-state index < -0.39 is 11.8 Å². The molecule has 0 spiro atoms. The summed E-state index contributed by atoms with van der Waals surface area (Å²) in [6.07, 6.45) is 3.68. The first-order valence-corrected chi connectivity index (χ1v) is 10.6. The van der Waals surface area contributed by atoms with Crippen LogP contribution in [0.15, 0.2) is 71.0 Å². The van der Waals surface area contributed by atoms with Crippen molar-refractivity contribution in [1.29, 1.82) is 0 Å². The van der Waals surface area contributed by atoms with Gasteiger partial charge in [0, 0.05) is 11.6 Å². The van der Waals surface area contributed by atoms with Crippen molar-refractivity contribution >= 4 is 17.9 Å². The Morgan fingerprint density at radius 3 is 2.36 bits per heavy atom. The van der Waals surface area contributed by atoms with E-state index in [-0.39, 0.29) is 11.7 Å². The van der Waals surface area contributed by atoms with E-state index in [9.17, 15) is 9.59 Å². The zero-order chi connectivity index (χ0) is 23.8. The minimum atomic E-state index is -0.465. The van der Waals surface area contributed by atoms with Gasteiger partial charge in [0.2, 0.25) is 0 Å². The first kappa shape index (κ1) is 23.7. The predicted octanol–water partition coefficient (Wildman–Crippen LogP) is 4.64. The molecule has 0 fully saturated rings. The Kier molecular flexibility index (Phi) is 7.91. The number of hydrogen-bond donors (Lipinski definition) is 2. The molecule has 7 heteroatoms. The van der Waals surface area contributed by atoms with Crippen LogP contribution < -0.4 is 20.1 Å². The summed E-state index contributed by atoms with van der Waals surface area (Å²) in [4.78, 5) is 26.1. The molecule has 1 atom stereocenters. The summed E-state index contributed by atoms with van der Waals surface area (Å²) in [5.41, 5.74) is 2.51. The molecule has 0 saturated heterocycles. The zero-order valence-electron chi connectivity index (χ0n) is 19.2. The monoisotopic (exact) mass is 448 g/mol. The Labute approximate surface area is 193 Å². The number of amides is 2. The summed E-state index contributed by atoms with van der Waals surface area (Å²) in [5.74, 6) is 0.467. The van der Waals surface area contributed by atoms with Crippen molar-refractivity contribution in [1.82, 2.24) is 10.6 Å². The number of furan rings is 1. The first-order valence-electron chi connectivity index (χ1n) is 10.6. The molecule has 0 bridgehead atoms. The highest BCUT2D eigenvalue weighted by atomic mass is 16.5. The third-order valence-electron chi connectivity index (χ3n) is 5.16. The fourth-order valence-corrected chi connectivity index (χ4v) is 3.30. The van der Waals surface area contributed by atoms with Crippen molar-refractivity contribution in [3.8, 4) is 11.5 Å². The molecule has 0 unspecified atom stereocenters. The fraction of sp³-hybridized carbons (Fsp3) is 0.231. The van der Waals surface area contributed by atoms with Crippen LogP contribution in [-0.2, 0) is 4.79 Å². The van der Waals surface area contributed by atoms with Crippen LogP contribution in [0, 0.1) is 6.92 Å². The van der Waals surface area contributed by atoms with Gasteiger partial charge < -0.3 is 24.5 Å². The van der Waals surface area contributed by atoms with Crippen LogP contribution in [0.1, 0.15) is 46.6 Å². The summed E-state index contributed by atoms with van der Waals surface area (Å²) in [5, 5.41) is 5.71. The molecular formula is C26H28N2O5. The number of aryl methyl sites for hydroxylation is 1. The number of methoxy groups -OCH3 is 2. The molecular weight excluding hydrogens is 420 g/mol. The van der Waals surface area contributed by atoms with E-state index >= 15 is 0 Å². The molecule has 1 heterocycles. The van der Waals surface area contributed by atoms with Crippen LogP contribution >= 0.6 is 0 Å². The molecule has 172 valence electrons. The Bertz CT molecular complexity index is 1120. The molecule has 3 aromatic rings. The lowest BCUT2D eigenvalue weighted by Gasteiger charge is -2.19. The summed E-state index contributed by atoms with van der Waals surface area (Å²) in [7, 11) is 3.01. The lowest BCUT2D eigenvalue weighted by Crippen LogP contribution is -2.36. The van der Waals surface area contributed by atoms with Gasteiger partial charge >= 0.3 is 0 Å². The second kappa shape index (κ2) is 11.0. The minimum Gasteiger partial charge on any atom is -0.493 e. The quantitative estimate of drug-likeness (QED) is 0.466. The van der Waals surface area contributed by atoms with Crippen LogP contribution in [0.4, 0.5) is 0 Å². The molecule has 2 aromatic carbocycles. The van der Waals surface area contributed by atoms with Gasteiger partial charge in [-0.3, -0.25) is 9.59 Å². The molecule has 1 aromatic heterocycles. The van der Waals surface area contributed by atoms with Crippen LogP contribution in [0.2, 0.25) is 0 Å². The standard InChI is InChI=1S/C26H28N2O5/c1-5-21(18-10-8-17(2)9-11-18)27-26(30)22(16-20-7-6-14-33-20)28-25(29)19-12-13-23(31-3)24(15-19)32-4/h6-16,21H,5H2,1-4H3,(H,27,30)(H,28,29)/b22-16-/t21-/m0/s1. The second-order valence-corrected chi connectivity index (χ2v) is 7.44. The van der Waals surface area contributed by atoms with Crippen molar-refractivity contribution < 1.29 is 23.5 Å². The fourth-order valence-electron chi connectivity index (χ4n) is 3.30. The van der Waals surface area contributed by atoms with E-state index in [2.05, 4.69) is 10.6 Å². The minimum absolute atomic E-state index is 0.0651. The number of rotatable bonds is 9. The predicted molar refractivity (Wildman–Crippen MR) is 126 cm³/mol. The number of carbonyl (C=O) groups is 2. The van der Waals surface area contributed by atoms with Gasteiger partial charge in [-0.2, -0.15) is 0 Å². The van der Waals surface area contributed by atoms with Gasteiger partial charge in [0.05, 0.1) is 26.5 Å². The maximum Gasteiger partial charge on any atom is 0.268 e. The maximum absolute atomic E-state index is 13.2. The summed E-state index contributed by atoms with van der Waals surface area (Å²) in [6, 6.07) is 16.0. The normalized spacial score (nSPS) is 12.1. The molecule has 2 amide bonds. The summed E-state index contributed by atoms with van der Waals surface area (Å²) >= 11 is 0. The van der Waals surface area contributed by atoms with Crippen LogP contribution in [-0.4, -0.2) is 26.0 Å². The molecule has 0 aliphatic rings. The molecule has 0 aliphatic carbocycles. The van der Waals surface area contributed by atoms with Crippen LogP contribution in [0.5, 0.6) is 11.5 Å². The summed E-state index contributed by atoms with van der Waals surface area (Å²) < 4.78 is 15.8. The number of benzene rings is 2. The van der Waals surface area contributed by atoms with E-state index in [4.69, 9.17) is 13.9 Å². The molecule has 2 N–H and O–H groups in total. The van der Waals surface area contributed by atoms with E-state index in [1.807, 2.05) is 38.1 Å². The SMILES string of the molecule is CC[C@H](NC(=O)/C(=C/c1ccco1)NC(=O)c1ccc(OC)c(OC)c1)c1ccc(C)cc1. The second-order valence-electron chi connectivity index (χ2n) is 7.44. The van der Waals surface area contributed by atoms with Crippen molar-refractivity contribution in [2.45, 2.75) is 26.3 Å². The van der Waals surface area contributed by atoms with Gasteiger partial charge in [-0.15, -0.1) is 0 Å². The average Bonchev–Trinajstić information content (AvgIpc) is 3.35. The molecule has 3 rings (SSSR count). The highest BCUT2D eigenvalue weighted by Crippen LogP contribution is 2.27. The Morgan fingerprint density at radius 1 is 1.03 bits per heavy atom. The van der Waals surface area contributed by atoms with Gasteiger partial charge in [0.25, 0.3) is 11.8 Å². The average molecular weight is 449 g/mol. The lowest BCUT2D eigenvalue weighted by molar-refractivity contribution is -0.118. The maximum atomic E-state index is 13.2. The number of nitrogens with one attached hydrogen (secondary N) is 2. The third kappa shape index (κ3) is 6.04. The lowest BCUT2D eigenvalue weighted by atomic mass is 10.0. The van der Waals surface area contributed by atoms with Crippen molar-refractivity contribution in [2.24, 2.45) is 0 Å². The summed E-state index contributed by atoms with van der Waals surface area (Å²) in [6.45, 7) is 4.00. The molecule has 0 aliphatic heterocycles. The zero-order valence-corrected chi connectivity index (χ0v) is 19.2. The smallest absolute Gasteiger partial charge is 0.268 e. The largest absolute Gasteiger partial charge is 0.493 e. The van der Waals surface area contributed by atoms with E-state index in [0.29, 0.717) is 29.2 Å².